The molecule has 1 atom stereocenters. The largest absolute Gasteiger partial charge is 0.473 e. The average molecular weight is 360 g/mol. The molecular formula is C17H20N4O3S. The van der Waals surface area contributed by atoms with Crippen LogP contribution in [0.25, 0.3) is 0 Å². The number of carbonyl (C=O) groups is 1. The second-order valence-electron chi connectivity index (χ2n) is 6.68. The van der Waals surface area contributed by atoms with Crippen molar-refractivity contribution in [3.8, 4) is 5.88 Å². The number of hydrogen-bond acceptors (Lipinski definition) is 7. The van der Waals surface area contributed by atoms with Gasteiger partial charge in [0.1, 0.15) is 17.4 Å². The summed E-state index contributed by atoms with van der Waals surface area (Å²) in [4.78, 5) is 27.0. The average Bonchev–Trinajstić information content (AvgIpc) is 2.99. The van der Waals surface area contributed by atoms with Gasteiger partial charge in [-0.15, -0.1) is 11.3 Å². The smallest absolute Gasteiger partial charge is 0.273 e. The first-order chi connectivity index (χ1) is 12.0. The molecule has 2 aliphatic heterocycles. The summed E-state index contributed by atoms with van der Waals surface area (Å²) in [6.45, 7) is 5.59. The molecule has 2 aliphatic rings. The Bertz CT molecular complexity index is 788. The molecule has 0 saturated carbocycles. The highest BCUT2D eigenvalue weighted by atomic mass is 32.1. The van der Waals surface area contributed by atoms with E-state index in [1.54, 1.807) is 17.3 Å². The zero-order valence-corrected chi connectivity index (χ0v) is 15.1. The topological polar surface area (TPSA) is 77.4 Å². The van der Waals surface area contributed by atoms with Gasteiger partial charge in [0.25, 0.3) is 5.91 Å². The molecule has 2 aromatic rings. The summed E-state index contributed by atoms with van der Waals surface area (Å²) in [5.41, 5.74) is 1.05. The highest BCUT2D eigenvalue weighted by Gasteiger charge is 2.50. The van der Waals surface area contributed by atoms with Crippen molar-refractivity contribution in [2.45, 2.75) is 38.4 Å². The number of aromatic nitrogens is 3. The number of hydrogen-bond donors (Lipinski definition) is 0. The first-order valence-corrected chi connectivity index (χ1v) is 9.22. The third-order valence-corrected chi connectivity index (χ3v) is 5.32. The van der Waals surface area contributed by atoms with Gasteiger partial charge < -0.3 is 14.4 Å². The number of rotatable bonds is 3. The molecule has 4 heterocycles. The molecule has 0 N–H and O–H groups in total. The molecule has 0 bridgehead atoms. The van der Waals surface area contributed by atoms with E-state index in [2.05, 4.69) is 15.0 Å². The van der Waals surface area contributed by atoms with Gasteiger partial charge in [-0.25, -0.2) is 9.97 Å². The van der Waals surface area contributed by atoms with Crippen molar-refractivity contribution in [2.24, 2.45) is 0 Å². The van der Waals surface area contributed by atoms with Gasteiger partial charge in [0, 0.05) is 24.4 Å². The summed E-state index contributed by atoms with van der Waals surface area (Å²) >= 11 is 1.49. The number of ether oxygens (including phenoxy) is 2. The van der Waals surface area contributed by atoms with Gasteiger partial charge in [-0.1, -0.05) is 0 Å². The van der Waals surface area contributed by atoms with Crippen LogP contribution in [0.3, 0.4) is 0 Å². The molecule has 2 aromatic heterocycles. The Morgan fingerprint density at radius 1 is 1.36 bits per heavy atom. The van der Waals surface area contributed by atoms with Crippen LogP contribution in [-0.4, -0.2) is 57.2 Å². The Balaban J connectivity index is 1.37. The van der Waals surface area contributed by atoms with Gasteiger partial charge in [0.15, 0.2) is 0 Å². The molecule has 1 amide bonds. The van der Waals surface area contributed by atoms with Crippen molar-refractivity contribution in [2.75, 3.05) is 19.7 Å². The van der Waals surface area contributed by atoms with E-state index < -0.39 is 0 Å². The van der Waals surface area contributed by atoms with Gasteiger partial charge in [0.2, 0.25) is 5.88 Å². The van der Waals surface area contributed by atoms with Gasteiger partial charge >= 0.3 is 0 Å². The second kappa shape index (κ2) is 6.34. The van der Waals surface area contributed by atoms with Crippen molar-refractivity contribution in [3.05, 3.63) is 34.2 Å². The van der Waals surface area contributed by atoms with Crippen molar-refractivity contribution in [1.82, 2.24) is 19.9 Å². The Kier molecular flexibility index (Phi) is 4.16. The predicted molar refractivity (Wildman–Crippen MR) is 91.9 cm³/mol. The van der Waals surface area contributed by atoms with Crippen LogP contribution in [0.2, 0.25) is 0 Å². The zero-order chi connectivity index (χ0) is 17.4. The molecule has 0 aliphatic carbocycles. The van der Waals surface area contributed by atoms with E-state index in [0.717, 1.165) is 23.5 Å². The monoisotopic (exact) mass is 360 g/mol. The maximum atomic E-state index is 12.4. The van der Waals surface area contributed by atoms with E-state index in [1.165, 1.54) is 11.3 Å². The van der Waals surface area contributed by atoms with Gasteiger partial charge in [-0.3, -0.25) is 9.78 Å². The molecular weight excluding hydrogens is 340 g/mol. The van der Waals surface area contributed by atoms with Crippen molar-refractivity contribution in [1.29, 1.82) is 0 Å². The highest BCUT2D eigenvalue weighted by molar-refractivity contribution is 7.09. The van der Waals surface area contributed by atoms with Crippen LogP contribution in [0.1, 0.15) is 34.0 Å². The van der Waals surface area contributed by atoms with E-state index in [4.69, 9.17) is 9.47 Å². The lowest BCUT2D eigenvalue weighted by atomic mass is 9.84. The summed E-state index contributed by atoms with van der Waals surface area (Å²) in [5, 5.41) is 2.72. The van der Waals surface area contributed by atoms with Gasteiger partial charge in [0.05, 0.1) is 36.6 Å². The summed E-state index contributed by atoms with van der Waals surface area (Å²) in [7, 11) is 0. The predicted octanol–water partition coefficient (Wildman–Crippen LogP) is 2.00. The number of aryl methyl sites for hydroxylation is 2. The van der Waals surface area contributed by atoms with E-state index in [1.807, 2.05) is 19.2 Å². The molecule has 8 heteroatoms. The second-order valence-corrected chi connectivity index (χ2v) is 7.74. The first-order valence-electron chi connectivity index (χ1n) is 8.34. The van der Waals surface area contributed by atoms with Crippen molar-refractivity contribution in [3.63, 3.8) is 0 Å². The summed E-state index contributed by atoms with van der Waals surface area (Å²) in [6.07, 6.45) is 4.94. The number of amides is 1. The summed E-state index contributed by atoms with van der Waals surface area (Å²) in [5.74, 6) is 0.526. The van der Waals surface area contributed by atoms with Crippen LogP contribution in [0, 0.1) is 13.8 Å². The first kappa shape index (κ1) is 16.4. The minimum Gasteiger partial charge on any atom is -0.473 e. The van der Waals surface area contributed by atoms with Crippen LogP contribution in [0.5, 0.6) is 5.88 Å². The summed E-state index contributed by atoms with van der Waals surface area (Å²) in [6, 6.07) is 0. The van der Waals surface area contributed by atoms with Crippen LogP contribution in [0.4, 0.5) is 0 Å². The number of likely N-dealkylation sites (tertiary alicyclic amines) is 1. The van der Waals surface area contributed by atoms with Crippen LogP contribution < -0.4 is 4.74 Å². The van der Waals surface area contributed by atoms with E-state index in [0.29, 0.717) is 31.3 Å². The van der Waals surface area contributed by atoms with E-state index in [-0.39, 0.29) is 17.6 Å². The number of carbonyl (C=O) groups excluding carboxylic acids is 1. The minimum absolute atomic E-state index is 0.0221. The van der Waals surface area contributed by atoms with Gasteiger partial charge in [-0.05, 0) is 13.8 Å². The minimum atomic E-state index is -0.305. The van der Waals surface area contributed by atoms with Crippen molar-refractivity contribution < 1.29 is 14.3 Å². The van der Waals surface area contributed by atoms with Gasteiger partial charge in [-0.2, -0.15) is 0 Å². The highest BCUT2D eigenvalue weighted by Crippen LogP contribution is 2.36. The molecule has 0 aromatic carbocycles. The lowest BCUT2D eigenvalue weighted by Gasteiger charge is -2.52. The normalized spacial score (nSPS) is 21.8. The molecule has 2 fully saturated rings. The molecule has 4 rings (SSSR count). The lowest BCUT2D eigenvalue weighted by Crippen LogP contribution is -2.67. The van der Waals surface area contributed by atoms with Crippen molar-refractivity contribution >= 4 is 17.2 Å². The van der Waals surface area contributed by atoms with Crippen LogP contribution in [-0.2, 0) is 4.74 Å². The van der Waals surface area contributed by atoms with Crippen LogP contribution in [0.15, 0.2) is 17.8 Å². The standard InChI is InChI=1S/C17H20N4O3S/c1-11-6-18-7-15(19-11)24-13-3-4-23-17(5-13)9-21(10-17)16(22)14-8-25-12(2)20-14/h6-8,13H,3-5,9-10H2,1-2H3. The fourth-order valence-electron chi connectivity index (χ4n) is 3.39. The fraction of sp³-hybridized carbons (Fsp3) is 0.529. The third kappa shape index (κ3) is 3.36. The maximum absolute atomic E-state index is 12.4. The molecule has 25 heavy (non-hydrogen) atoms. The maximum Gasteiger partial charge on any atom is 0.273 e. The van der Waals surface area contributed by atoms with E-state index >= 15 is 0 Å². The molecule has 132 valence electrons. The Morgan fingerprint density at radius 2 is 2.20 bits per heavy atom. The fourth-order valence-corrected chi connectivity index (χ4v) is 3.98. The quantitative estimate of drug-likeness (QED) is 0.833. The third-order valence-electron chi connectivity index (χ3n) is 4.55. The Labute approximate surface area is 150 Å². The zero-order valence-electron chi connectivity index (χ0n) is 14.3. The molecule has 0 radical (unpaired) electrons. The van der Waals surface area contributed by atoms with Crippen LogP contribution >= 0.6 is 11.3 Å². The number of thiazole rings is 1. The summed E-state index contributed by atoms with van der Waals surface area (Å²) < 4.78 is 12.0. The Hall–Kier alpha value is -2.06. The van der Waals surface area contributed by atoms with E-state index in [9.17, 15) is 4.79 Å². The lowest BCUT2D eigenvalue weighted by molar-refractivity contribution is -0.174. The molecule has 2 saturated heterocycles. The number of nitrogens with zero attached hydrogens (tertiary/aromatic N) is 4. The molecule has 7 nitrogen and oxygen atoms in total. The Morgan fingerprint density at radius 3 is 2.92 bits per heavy atom. The molecule has 1 spiro atoms. The SMILES string of the molecule is Cc1cncc(OC2CCOC3(C2)CN(C(=O)c2csc(C)n2)C3)n1. The molecule has 1 unspecified atom stereocenters.